The lowest BCUT2D eigenvalue weighted by Gasteiger charge is -2.13. The van der Waals surface area contributed by atoms with E-state index in [1.807, 2.05) is 6.26 Å². The number of thioether (sulfide) groups is 1. The van der Waals surface area contributed by atoms with Crippen LogP contribution in [0.15, 0.2) is 24.3 Å². The van der Waals surface area contributed by atoms with Gasteiger partial charge < -0.3 is 15.5 Å². The standard InChI is InChI=1S/C13H17NO4S/c1-19-6-5-11(13(17)18)14-12(16)8-9-3-2-4-10(15)7-9/h2-4,7,11,15H,5-6,8H2,1H3,(H,14,16)(H,17,18). The number of benzene rings is 1. The molecule has 5 nitrogen and oxygen atoms in total. The van der Waals surface area contributed by atoms with Crippen LogP contribution in [-0.2, 0) is 16.0 Å². The number of carbonyl (C=O) groups excluding carboxylic acids is 1. The number of carboxylic acid groups (broad SMARTS) is 1. The first-order chi connectivity index (χ1) is 9.02. The lowest BCUT2D eigenvalue weighted by atomic mass is 10.1. The van der Waals surface area contributed by atoms with Crippen LogP contribution < -0.4 is 5.32 Å². The largest absolute Gasteiger partial charge is 0.508 e. The fourth-order valence-electron chi connectivity index (χ4n) is 1.59. The van der Waals surface area contributed by atoms with Crippen molar-refractivity contribution in [2.45, 2.75) is 18.9 Å². The molecule has 1 atom stereocenters. The summed E-state index contributed by atoms with van der Waals surface area (Å²) in [5.74, 6) is -0.636. The zero-order chi connectivity index (χ0) is 14.3. The number of phenols is 1. The number of hydrogen-bond acceptors (Lipinski definition) is 4. The Morgan fingerprint density at radius 1 is 1.42 bits per heavy atom. The molecule has 6 heteroatoms. The van der Waals surface area contributed by atoms with E-state index in [4.69, 9.17) is 5.11 Å². The average molecular weight is 283 g/mol. The molecule has 0 fully saturated rings. The van der Waals surface area contributed by atoms with Gasteiger partial charge in [-0.05, 0) is 36.1 Å². The molecule has 0 spiro atoms. The molecule has 0 bridgehead atoms. The van der Waals surface area contributed by atoms with Gasteiger partial charge in [-0.1, -0.05) is 12.1 Å². The maximum absolute atomic E-state index is 11.7. The number of aliphatic carboxylic acids is 1. The van der Waals surface area contributed by atoms with Crippen molar-refractivity contribution in [2.24, 2.45) is 0 Å². The first-order valence-corrected chi connectivity index (χ1v) is 7.21. The Labute approximate surface area is 116 Å². The van der Waals surface area contributed by atoms with E-state index >= 15 is 0 Å². The van der Waals surface area contributed by atoms with E-state index in [9.17, 15) is 14.7 Å². The quantitative estimate of drug-likeness (QED) is 0.701. The molecule has 0 aliphatic carbocycles. The minimum Gasteiger partial charge on any atom is -0.508 e. The molecule has 0 heterocycles. The summed E-state index contributed by atoms with van der Waals surface area (Å²) >= 11 is 1.53. The summed E-state index contributed by atoms with van der Waals surface area (Å²) < 4.78 is 0. The zero-order valence-electron chi connectivity index (χ0n) is 10.6. The molecule has 1 aromatic rings. The van der Waals surface area contributed by atoms with Crippen molar-refractivity contribution in [3.8, 4) is 5.75 Å². The van der Waals surface area contributed by atoms with Gasteiger partial charge in [0, 0.05) is 0 Å². The fourth-order valence-corrected chi connectivity index (χ4v) is 2.06. The highest BCUT2D eigenvalue weighted by atomic mass is 32.2. The highest BCUT2D eigenvalue weighted by Gasteiger charge is 2.19. The first kappa shape index (κ1) is 15.4. The molecule has 19 heavy (non-hydrogen) atoms. The average Bonchev–Trinajstić information content (AvgIpc) is 2.34. The molecule has 0 radical (unpaired) electrons. The van der Waals surface area contributed by atoms with Gasteiger partial charge in [0.2, 0.25) is 5.91 Å². The molecule has 104 valence electrons. The van der Waals surface area contributed by atoms with E-state index < -0.39 is 12.0 Å². The number of phenolic OH excluding ortho intramolecular Hbond substituents is 1. The van der Waals surface area contributed by atoms with Crippen molar-refractivity contribution in [3.05, 3.63) is 29.8 Å². The van der Waals surface area contributed by atoms with Crippen molar-refractivity contribution in [2.75, 3.05) is 12.0 Å². The monoisotopic (exact) mass is 283 g/mol. The lowest BCUT2D eigenvalue weighted by Crippen LogP contribution is -2.41. The van der Waals surface area contributed by atoms with Crippen LogP contribution in [0, 0.1) is 0 Å². The lowest BCUT2D eigenvalue weighted by molar-refractivity contribution is -0.141. The number of rotatable bonds is 7. The Morgan fingerprint density at radius 2 is 2.16 bits per heavy atom. The third-order valence-corrected chi connectivity index (χ3v) is 3.16. The van der Waals surface area contributed by atoms with Crippen LogP contribution in [-0.4, -0.2) is 40.1 Å². The van der Waals surface area contributed by atoms with E-state index in [1.54, 1.807) is 12.1 Å². The summed E-state index contributed by atoms with van der Waals surface area (Å²) in [5.41, 5.74) is 0.645. The minimum atomic E-state index is -1.03. The summed E-state index contributed by atoms with van der Waals surface area (Å²) in [6.07, 6.45) is 2.33. The molecule has 0 aromatic heterocycles. The van der Waals surface area contributed by atoms with Gasteiger partial charge in [-0.25, -0.2) is 4.79 Å². The number of hydrogen-bond donors (Lipinski definition) is 3. The second-order valence-electron chi connectivity index (χ2n) is 4.09. The molecule has 0 aliphatic heterocycles. The highest BCUT2D eigenvalue weighted by molar-refractivity contribution is 7.98. The summed E-state index contributed by atoms with van der Waals surface area (Å²) in [6, 6.07) is 5.48. The van der Waals surface area contributed by atoms with Crippen molar-refractivity contribution >= 4 is 23.6 Å². The van der Waals surface area contributed by atoms with E-state index in [2.05, 4.69) is 5.32 Å². The molecular formula is C13H17NO4S. The third-order valence-electron chi connectivity index (χ3n) is 2.52. The van der Waals surface area contributed by atoms with E-state index in [1.165, 1.54) is 23.9 Å². The highest BCUT2D eigenvalue weighted by Crippen LogP contribution is 2.11. The normalized spacial score (nSPS) is 11.8. The summed E-state index contributed by atoms with van der Waals surface area (Å²) in [4.78, 5) is 22.7. The molecule has 3 N–H and O–H groups in total. The van der Waals surface area contributed by atoms with Crippen LogP contribution in [0.5, 0.6) is 5.75 Å². The number of aromatic hydroxyl groups is 1. The Hall–Kier alpha value is -1.69. The van der Waals surface area contributed by atoms with Gasteiger partial charge in [0.15, 0.2) is 0 Å². The van der Waals surface area contributed by atoms with Gasteiger partial charge in [0.25, 0.3) is 0 Å². The van der Waals surface area contributed by atoms with Crippen LogP contribution in [0.3, 0.4) is 0 Å². The topological polar surface area (TPSA) is 86.6 Å². The zero-order valence-corrected chi connectivity index (χ0v) is 11.4. The van der Waals surface area contributed by atoms with Crippen LogP contribution in [0.25, 0.3) is 0 Å². The smallest absolute Gasteiger partial charge is 0.326 e. The van der Waals surface area contributed by atoms with Crippen molar-refractivity contribution in [3.63, 3.8) is 0 Å². The predicted octanol–water partition coefficient (Wildman–Crippen LogP) is 1.26. The molecule has 1 rings (SSSR count). The molecule has 1 unspecified atom stereocenters. The SMILES string of the molecule is CSCCC(NC(=O)Cc1cccc(O)c1)C(=O)O. The van der Waals surface area contributed by atoms with Gasteiger partial charge in [-0.2, -0.15) is 11.8 Å². The number of amides is 1. The molecule has 0 aliphatic rings. The van der Waals surface area contributed by atoms with Crippen molar-refractivity contribution in [1.29, 1.82) is 0 Å². The van der Waals surface area contributed by atoms with Gasteiger partial charge >= 0.3 is 5.97 Å². The second kappa shape index (κ2) is 7.68. The number of nitrogens with one attached hydrogen (secondary N) is 1. The predicted molar refractivity (Wildman–Crippen MR) is 74.4 cm³/mol. The molecule has 1 aromatic carbocycles. The Kier molecular flexibility index (Phi) is 6.21. The Morgan fingerprint density at radius 3 is 2.74 bits per heavy atom. The van der Waals surface area contributed by atoms with E-state index in [-0.39, 0.29) is 18.1 Å². The van der Waals surface area contributed by atoms with E-state index in [0.29, 0.717) is 17.7 Å². The Bertz CT molecular complexity index is 450. The minimum absolute atomic E-state index is 0.0530. The van der Waals surface area contributed by atoms with E-state index in [0.717, 1.165) is 0 Å². The third kappa shape index (κ3) is 5.65. The van der Waals surface area contributed by atoms with Gasteiger partial charge in [-0.3, -0.25) is 4.79 Å². The molecule has 0 saturated carbocycles. The van der Waals surface area contributed by atoms with Crippen molar-refractivity contribution < 1.29 is 19.8 Å². The summed E-state index contributed by atoms with van der Waals surface area (Å²) in [5, 5.41) is 20.8. The fraction of sp³-hybridized carbons (Fsp3) is 0.385. The summed E-state index contributed by atoms with van der Waals surface area (Å²) in [7, 11) is 0. The molecular weight excluding hydrogens is 266 g/mol. The Balaban J connectivity index is 2.55. The molecule has 0 saturated heterocycles. The van der Waals surface area contributed by atoms with Crippen LogP contribution in [0.2, 0.25) is 0 Å². The maximum Gasteiger partial charge on any atom is 0.326 e. The number of carbonyl (C=O) groups is 2. The van der Waals surface area contributed by atoms with Crippen molar-refractivity contribution in [1.82, 2.24) is 5.32 Å². The second-order valence-corrected chi connectivity index (χ2v) is 5.07. The van der Waals surface area contributed by atoms with Crippen LogP contribution in [0.1, 0.15) is 12.0 Å². The number of carboxylic acids is 1. The summed E-state index contributed by atoms with van der Waals surface area (Å²) in [6.45, 7) is 0. The van der Waals surface area contributed by atoms with Gasteiger partial charge in [0.1, 0.15) is 11.8 Å². The van der Waals surface area contributed by atoms with Crippen LogP contribution >= 0.6 is 11.8 Å². The van der Waals surface area contributed by atoms with Crippen LogP contribution in [0.4, 0.5) is 0 Å². The molecule has 1 amide bonds. The van der Waals surface area contributed by atoms with Gasteiger partial charge in [-0.15, -0.1) is 0 Å². The van der Waals surface area contributed by atoms with Gasteiger partial charge in [0.05, 0.1) is 6.42 Å². The maximum atomic E-state index is 11.7. The first-order valence-electron chi connectivity index (χ1n) is 5.82.